The van der Waals surface area contributed by atoms with Crippen LogP contribution < -0.4 is 11.1 Å². The Morgan fingerprint density at radius 3 is 3.00 bits per heavy atom. The second-order valence-electron chi connectivity index (χ2n) is 4.52. The highest BCUT2D eigenvalue weighted by molar-refractivity contribution is 5.43. The number of nitrogens with two attached hydrogens (primary N) is 1. The van der Waals surface area contributed by atoms with Crippen molar-refractivity contribution in [2.45, 2.75) is 31.8 Å². The van der Waals surface area contributed by atoms with E-state index in [1.54, 1.807) is 6.07 Å². The van der Waals surface area contributed by atoms with Gasteiger partial charge in [0, 0.05) is 24.7 Å². The predicted octanol–water partition coefficient (Wildman–Crippen LogP) is 0.953. The van der Waals surface area contributed by atoms with Crippen LogP contribution in [0.15, 0.2) is 12.4 Å². The minimum absolute atomic E-state index is 0.487. The zero-order valence-corrected chi connectivity index (χ0v) is 9.85. The highest BCUT2D eigenvalue weighted by Crippen LogP contribution is 2.19. The molecule has 1 fully saturated rings. The van der Waals surface area contributed by atoms with Gasteiger partial charge < -0.3 is 16.0 Å². The predicted molar refractivity (Wildman–Crippen MR) is 65.2 cm³/mol. The van der Waals surface area contributed by atoms with E-state index in [2.05, 4.69) is 34.2 Å². The van der Waals surface area contributed by atoms with Crippen LogP contribution in [-0.4, -0.2) is 40.5 Å². The first-order valence-corrected chi connectivity index (χ1v) is 5.69. The SMILES string of the molecule is CC1CC(Nc2cc(N)ncn2)CCN1C. The Morgan fingerprint density at radius 2 is 2.31 bits per heavy atom. The van der Waals surface area contributed by atoms with Crippen LogP contribution in [-0.2, 0) is 0 Å². The minimum Gasteiger partial charge on any atom is -0.384 e. The molecule has 2 unspecified atom stereocenters. The fourth-order valence-corrected chi connectivity index (χ4v) is 2.08. The third-order valence-electron chi connectivity index (χ3n) is 3.25. The number of anilines is 2. The maximum Gasteiger partial charge on any atom is 0.131 e. The summed E-state index contributed by atoms with van der Waals surface area (Å²) >= 11 is 0. The standard InChI is InChI=1S/C11H19N5/c1-8-5-9(3-4-16(8)2)15-11-6-10(12)13-7-14-11/h6-9H,3-5H2,1-2H3,(H3,12,13,14,15). The summed E-state index contributed by atoms with van der Waals surface area (Å²) < 4.78 is 0. The van der Waals surface area contributed by atoms with Crippen LogP contribution >= 0.6 is 0 Å². The molecule has 0 aromatic carbocycles. The Balaban J connectivity index is 1.95. The summed E-state index contributed by atoms with van der Waals surface area (Å²) in [5.41, 5.74) is 5.61. The third-order valence-corrected chi connectivity index (χ3v) is 3.25. The molecule has 1 saturated heterocycles. The van der Waals surface area contributed by atoms with Gasteiger partial charge in [-0.25, -0.2) is 9.97 Å². The average Bonchev–Trinajstić information content (AvgIpc) is 2.24. The number of nitrogen functional groups attached to an aromatic ring is 1. The van der Waals surface area contributed by atoms with Crippen molar-refractivity contribution in [2.24, 2.45) is 0 Å². The molecular formula is C11H19N5. The minimum atomic E-state index is 0.487. The Bertz CT molecular complexity index is 354. The van der Waals surface area contributed by atoms with Crippen molar-refractivity contribution in [3.05, 3.63) is 12.4 Å². The molecule has 16 heavy (non-hydrogen) atoms. The summed E-state index contributed by atoms with van der Waals surface area (Å²) in [6.07, 6.45) is 3.78. The summed E-state index contributed by atoms with van der Waals surface area (Å²) in [5, 5.41) is 3.41. The van der Waals surface area contributed by atoms with E-state index < -0.39 is 0 Å². The van der Waals surface area contributed by atoms with Crippen molar-refractivity contribution in [3.8, 4) is 0 Å². The Morgan fingerprint density at radius 1 is 1.50 bits per heavy atom. The molecule has 0 radical (unpaired) electrons. The lowest BCUT2D eigenvalue weighted by Crippen LogP contribution is -2.42. The van der Waals surface area contributed by atoms with Crippen LogP contribution in [0, 0.1) is 0 Å². The van der Waals surface area contributed by atoms with E-state index in [0.29, 0.717) is 17.9 Å². The molecule has 2 atom stereocenters. The molecule has 1 aliphatic heterocycles. The number of hydrogen-bond acceptors (Lipinski definition) is 5. The summed E-state index contributed by atoms with van der Waals surface area (Å²) in [7, 11) is 2.17. The van der Waals surface area contributed by atoms with Gasteiger partial charge in [-0.15, -0.1) is 0 Å². The molecule has 1 aromatic heterocycles. The first kappa shape index (κ1) is 11.1. The molecule has 0 amide bonds. The summed E-state index contributed by atoms with van der Waals surface area (Å²) in [4.78, 5) is 10.4. The molecule has 2 heterocycles. The Hall–Kier alpha value is -1.36. The topological polar surface area (TPSA) is 67.1 Å². The van der Waals surface area contributed by atoms with Crippen molar-refractivity contribution in [1.82, 2.24) is 14.9 Å². The quantitative estimate of drug-likeness (QED) is 0.778. The molecule has 0 spiro atoms. The lowest BCUT2D eigenvalue weighted by atomic mass is 9.99. The van der Waals surface area contributed by atoms with Crippen molar-refractivity contribution < 1.29 is 0 Å². The van der Waals surface area contributed by atoms with Crippen molar-refractivity contribution >= 4 is 11.6 Å². The first-order valence-electron chi connectivity index (χ1n) is 5.69. The van der Waals surface area contributed by atoms with E-state index in [-0.39, 0.29) is 0 Å². The molecule has 0 saturated carbocycles. The summed E-state index contributed by atoms with van der Waals surface area (Å²) in [5.74, 6) is 1.34. The Kier molecular flexibility index (Phi) is 3.24. The van der Waals surface area contributed by atoms with Crippen LogP contribution in [0.3, 0.4) is 0 Å². The molecule has 1 aliphatic rings. The molecule has 3 N–H and O–H groups in total. The second kappa shape index (κ2) is 4.65. The van der Waals surface area contributed by atoms with E-state index in [4.69, 9.17) is 5.73 Å². The molecular weight excluding hydrogens is 202 g/mol. The lowest BCUT2D eigenvalue weighted by Gasteiger charge is -2.35. The fourth-order valence-electron chi connectivity index (χ4n) is 2.08. The molecule has 2 rings (SSSR count). The number of rotatable bonds is 2. The maximum absolute atomic E-state index is 5.61. The van der Waals surface area contributed by atoms with Gasteiger partial charge in [0.15, 0.2) is 0 Å². The zero-order chi connectivity index (χ0) is 11.5. The zero-order valence-electron chi connectivity index (χ0n) is 9.85. The fraction of sp³-hybridized carbons (Fsp3) is 0.636. The van der Waals surface area contributed by atoms with Gasteiger partial charge in [-0.2, -0.15) is 0 Å². The van der Waals surface area contributed by atoms with E-state index >= 15 is 0 Å². The highest BCUT2D eigenvalue weighted by atomic mass is 15.2. The summed E-state index contributed by atoms with van der Waals surface area (Å²) in [6.45, 7) is 3.38. The van der Waals surface area contributed by atoms with Crippen molar-refractivity contribution in [1.29, 1.82) is 0 Å². The molecule has 0 bridgehead atoms. The second-order valence-corrected chi connectivity index (χ2v) is 4.52. The number of nitrogens with zero attached hydrogens (tertiary/aromatic N) is 3. The van der Waals surface area contributed by atoms with Gasteiger partial charge in [0.2, 0.25) is 0 Å². The number of piperidine rings is 1. The monoisotopic (exact) mass is 221 g/mol. The molecule has 5 nitrogen and oxygen atoms in total. The van der Waals surface area contributed by atoms with Crippen molar-refractivity contribution in [3.63, 3.8) is 0 Å². The number of likely N-dealkylation sites (tertiary alicyclic amines) is 1. The lowest BCUT2D eigenvalue weighted by molar-refractivity contribution is 0.190. The van der Waals surface area contributed by atoms with Gasteiger partial charge in [0.1, 0.15) is 18.0 Å². The molecule has 88 valence electrons. The molecule has 1 aromatic rings. The smallest absolute Gasteiger partial charge is 0.131 e. The number of nitrogens with one attached hydrogen (secondary N) is 1. The van der Waals surface area contributed by atoms with Crippen LogP contribution in [0.2, 0.25) is 0 Å². The molecule has 5 heteroatoms. The van der Waals surface area contributed by atoms with E-state index in [1.807, 2.05) is 0 Å². The van der Waals surface area contributed by atoms with E-state index in [9.17, 15) is 0 Å². The van der Waals surface area contributed by atoms with Crippen LogP contribution in [0.1, 0.15) is 19.8 Å². The third kappa shape index (κ3) is 2.61. The Labute approximate surface area is 96.1 Å². The maximum atomic E-state index is 5.61. The average molecular weight is 221 g/mol. The van der Waals surface area contributed by atoms with Gasteiger partial charge in [0.25, 0.3) is 0 Å². The number of aromatic nitrogens is 2. The normalized spacial score (nSPS) is 26.6. The largest absolute Gasteiger partial charge is 0.384 e. The highest BCUT2D eigenvalue weighted by Gasteiger charge is 2.22. The van der Waals surface area contributed by atoms with E-state index in [1.165, 1.54) is 6.33 Å². The first-order chi connectivity index (χ1) is 7.65. The van der Waals surface area contributed by atoms with Crippen LogP contribution in [0.5, 0.6) is 0 Å². The molecule has 0 aliphatic carbocycles. The van der Waals surface area contributed by atoms with E-state index in [0.717, 1.165) is 25.2 Å². The van der Waals surface area contributed by atoms with Crippen LogP contribution in [0.4, 0.5) is 11.6 Å². The van der Waals surface area contributed by atoms with Gasteiger partial charge in [-0.05, 0) is 26.8 Å². The van der Waals surface area contributed by atoms with Crippen molar-refractivity contribution in [2.75, 3.05) is 24.6 Å². The van der Waals surface area contributed by atoms with Gasteiger partial charge in [-0.1, -0.05) is 0 Å². The van der Waals surface area contributed by atoms with Gasteiger partial charge in [-0.3, -0.25) is 0 Å². The van der Waals surface area contributed by atoms with Gasteiger partial charge in [0.05, 0.1) is 0 Å². The van der Waals surface area contributed by atoms with Gasteiger partial charge >= 0.3 is 0 Å². The number of hydrogen-bond donors (Lipinski definition) is 2. The van der Waals surface area contributed by atoms with Crippen LogP contribution in [0.25, 0.3) is 0 Å². The summed E-state index contributed by atoms with van der Waals surface area (Å²) in [6, 6.07) is 2.88.